The number of H-pyrrole nitrogens is 1. The zero-order valence-electron chi connectivity index (χ0n) is 14.4. The zero-order valence-corrected chi connectivity index (χ0v) is 14.4. The Kier molecular flexibility index (Phi) is 4.43. The molecular weight excluding hydrogens is 360 g/mol. The van der Waals surface area contributed by atoms with E-state index in [1.54, 1.807) is 30.3 Å². The van der Waals surface area contributed by atoms with Crippen LogP contribution in [0.25, 0.3) is 27.8 Å². The van der Waals surface area contributed by atoms with Gasteiger partial charge in [0.1, 0.15) is 11.3 Å². The molecule has 0 fully saturated rings. The Morgan fingerprint density at radius 3 is 2.57 bits per heavy atom. The molecule has 0 unspecified atom stereocenters. The fourth-order valence-electron chi connectivity index (χ4n) is 2.75. The van der Waals surface area contributed by atoms with Gasteiger partial charge in [-0.05, 0) is 24.3 Å². The number of hydrogen-bond acceptors (Lipinski definition) is 5. The summed E-state index contributed by atoms with van der Waals surface area (Å²) < 4.78 is 5.57. The van der Waals surface area contributed by atoms with Crippen LogP contribution in [0.4, 0.5) is 0 Å². The van der Waals surface area contributed by atoms with E-state index in [1.807, 2.05) is 24.3 Å². The number of carbonyl (C=O) groups is 2. The van der Waals surface area contributed by atoms with Crippen molar-refractivity contribution in [1.29, 1.82) is 0 Å². The quantitative estimate of drug-likeness (QED) is 0.375. The summed E-state index contributed by atoms with van der Waals surface area (Å²) in [6, 6.07) is 15.8. The van der Waals surface area contributed by atoms with E-state index in [-0.39, 0.29) is 5.69 Å². The van der Waals surface area contributed by atoms with Crippen molar-refractivity contribution in [2.45, 2.75) is 0 Å². The van der Waals surface area contributed by atoms with Gasteiger partial charge in [0.25, 0.3) is 17.4 Å². The number of hydrogen-bond donors (Lipinski definition) is 3. The molecule has 2 aromatic heterocycles. The van der Waals surface area contributed by atoms with Gasteiger partial charge in [-0.2, -0.15) is 5.10 Å². The number of amides is 2. The lowest BCUT2D eigenvalue weighted by Crippen LogP contribution is -2.41. The smallest absolute Gasteiger partial charge is 0.290 e. The summed E-state index contributed by atoms with van der Waals surface area (Å²) in [6.07, 6.45) is 2.73. The molecule has 0 saturated carbocycles. The maximum absolute atomic E-state index is 12.3. The van der Waals surface area contributed by atoms with Crippen LogP contribution in [0.5, 0.6) is 0 Å². The standard InChI is InChI=1S/C20H14N4O4/c25-17(10-9-13-11-12-5-1-4-8-16(12)28-13)21-24-20(27)18-14-6-2-3-7-15(14)19(26)23-22-18/h1-11H,(H,21,25)(H,23,26)(H,24,27)/b10-9+. The molecular formula is C20H14N4O4. The van der Waals surface area contributed by atoms with Crippen molar-refractivity contribution in [2.24, 2.45) is 0 Å². The van der Waals surface area contributed by atoms with Gasteiger partial charge in [-0.25, -0.2) is 5.10 Å². The molecule has 4 aromatic rings. The van der Waals surface area contributed by atoms with Crippen molar-refractivity contribution in [3.63, 3.8) is 0 Å². The highest BCUT2D eigenvalue weighted by Crippen LogP contribution is 2.19. The second kappa shape index (κ2) is 7.20. The number of benzene rings is 2. The van der Waals surface area contributed by atoms with Crippen molar-refractivity contribution in [2.75, 3.05) is 0 Å². The van der Waals surface area contributed by atoms with Crippen molar-refractivity contribution < 1.29 is 14.0 Å². The molecule has 2 amide bonds. The summed E-state index contributed by atoms with van der Waals surface area (Å²) in [5.41, 5.74) is 4.85. The van der Waals surface area contributed by atoms with E-state index >= 15 is 0 Å². The molecule has 0 spiro atoms. The highest BCUT2D eigenvalue weighted by atomic mass is 16.3. The first-order valence-corrected chi connectivity index (χ1v) is 8.36. The fraction of sp³-hybridized carbons (Fsp3) is 0. The van der Waals surface area contributed by atoms with Gasteiger partial charge in [0.05, 0.1) is 5.39 Å². The Morgan fingerprint density at radius 2 is 1.75 bits per heavy atom. The van der Waals surface area contributed by atoms with E-state index in [0.29, 0.717) is 22.1 Å². The first-order valence-electron chi connectivity index (χ1n) is 8.36. The summed E-state index contributed by atoms with van der Waals surface area (Å²) >= 11 is 0. The van der Waals surface area contributed by atoms with Crippen LogP contribution in [0.2, 0.25) is 0 Å². The van der Waals surface area contributed by atoms with Crippen LogP contribution < -0.4 is 16.4 Å². The Bertz CT molecular complexity index is 1250. The molecule has 2 heterocycles. The Labute approximate surface area is 157 Å². The van der Waals surface area contributed by atoms with Crippen LogP contribution in [-0.2, 0) is 4.79 Å². The number of fused-ring (bicyclic) bond motifs is 2. The number of nitrogens with zero attached hydrogens (tertiary/aromatic N) is 1. The number of aromatic nitrogens is 2. The molecule has 0 saturated heterocycles. The van der Waals surface area contributed by atoms with Crippen molar-refractivity contribution in [3.8, 4) is 0 Å². The molecule has 0 bridgehead atoms. The van der Waals surface area contributed by atoms with Crippen LogP contribution in [0.15, 0.2) is 69.9 Å². The minimum atomic E-state index is -0.655. The molecule has 0 radical (unpaired) electrons. The average molecular weight is 374 g/mol. The largest absolute Gasteiger partial charge is 0.457 e. The molecule has 8 nitrogen and oxygen atoms in total. The van der Waals surface area contributed by atoms with Gasteiger partial charge in [-0.1, -0.05) is 36.4 Å². The molecule has 4 rings (SSSR count). The third-order valence-electron chi connectivity index (χ3n) is 4.05. The van der Waals surface area contributed by atoms with Gasteiger partial charge in [0, 0.05) is 16.8 Å². The van der Waals surface area contributed by atoms with E-state index in [0.717, 1.165) is 5.39 Å². The summed E-state index contributed by atoms with van der Waals surface area (Å²) in [6.45, 7) is 0. The van der Waals surface area contributed by atoms with Gasteiger partial charge in [-0.15, -0.1) is 0 Å². The predicted molar refractivity (Wildman–Crippen MR) is 103 cm³/mol. The minimum Gasteiger partial charge on any atom is -0.457 e. The lowest BCUT2D eigenvalue weighted by molar-refractivity contribution is -0.117. The predicted octanol–water partition coefficient (Wildman–Crippen LogP) is 2.14. The lowest BCUT2D eigenvalue weighted by atomic mass is 10.1. The number of para-hydroxylation sites is 1. The monoisotopic (exact) mass is 374 g/mol. The van der Waals surface area contributed by atoms with E-state index in [4.69, 9.17) is 4.42 Å². The van der Waals surface area contributed by atoms with Gasteiger partial charge in [0.15, 0.2) is 5.69 Å². The minimum absolute atomic E-state index is 0.00300. The highest BCUT2D eigenvalue weighted by Gasteiger charge is 2.14. The number of carbonyl (C=O) groups excluding carboxylic acids is 2. The van der Waals surface area contributed by atoms with Gasteiger partial charge in [0.2, 0.25) is 0 Å². The van der Waals surface area contributed by atoms with Gasteiger partial charge >= 0.3 is 0 Å². The molecule has 8 heteroatoms. The molecule has 138 valence electrons. The van der Waals surface area contributed by atoms with Crippen LogP contribution in [0.3, 0.4) is 0 Å². The molecule has 3 N–H and O–H groups in total. The Morgan fingerprint density at radius 1 is 1.00 bits per heavy atom. The average Bonchev–Trinajstić information content (AvgIpc) is 3.14. The number of aromatic amines is 1. The van der Waals surface area contributed by atoms with Gasteiger partial charge < -0.3 is 4.42 Å². The summed E-state index contributed by atoms with van der Waals surface area (Å²) in [5, 5.41) is 7.67. The summed E-state index contributed by atoms with van der Waals surface area (Å²) in [7, 11) is 0. The molecule has 0 aliphatic rings. The Balaban J connectivity index is 1.44. The first-order chi connectivity index (χ1) is 13.6. The molecule has 2 aromatic carbocycles. The van der Waals surface area contributed by atoms with Crippen molar-refractivity contribution in [1.82, 2.24) is 21.0 Å². The maximum atomic E-state index is 12.3. The fourth-order valence-corrected chi connectivity index (χ4v) is 2.75. The number of nitrogens with one attached hydrogen (secondary N) is 3. The topological polar surface area (TPSA) is 117 Å². The van der Waals surface area contributed by atoms with Crippen LogP contribution in [-0.4, -0.2) is 22.0 Å². The van der Waals surface area contributed by atoms with Crippen LogP contribution >= 0.6 is 0 Å². The summed E-state index contributed by atoms with van der Waals surface area (Å²) in [4.78, 5) is 36.0. The first kappa shape index (κ1) is 17.2. The second-order valence-corrected chi connectivity index (χ2v) is 5.91. The molecule has 0 atom stereocenters. The van der Waals surface area contributed by atoms with E-state index < -0.39 is 17.4 Å². The number of rotatable bonds is 3. The van der Waals surface area contributed by atoms with Crippen molar-refractivity contribution in [3.05, 3.63) is 82.5 Å². The molecule has 0 aliphatic heterocycles. The third kappa shape index (κ3) is 3.38. The number of hydrazine groups is 1. The summed E-state index contributed by atoms with van der Waals surface area (Å²) in [5.74, 6) is -0.698. The highest BCUT2D eigenvalue weighted by molar-refractivity contribution is 6.05. The molecule has 28 heavy (non-hydrogen) atoms. The SMILES string of the molecule is O=C(/C=C/c1cc2ccccc2o1)NNC(=O)c1n[nH]c(=O)c2ccccc12. The van der Waals surface area contributed by atoms with E-state index in [9.17, 15) is 14.4 Å². The second-order valence-electron chi connectivity index (χ2n) is 5.91. The van der Waals surface area contributed by atoms with Crippen LogP contribution in [0.1, 0.15) is 16.2 Å². The number of furan rings is 1. The Hall–Kier alpha value is -4.20. The normalized spacial score (nSPS) is 11.1. The van der Waals surface area contributed by atoms with E-state index in [1.165, 1.54) is 12.2 Å². The van der Waals surface area contributed by atoms with Crippen LogP contribution in [0, 0.1) is 0 Å². The lowest BCUT2D eigenvalue weighted by Gasteiger charge is -2.06. The maximum Gasteiger partial charge on any atom is 0.290 e. The third-order valence-corrected chi connectivity index (χ3v) is 4.05. The molecule has 0 aliphatic carbocycles. The van der Waals surface area contributed by atoms with Crippen molar-refractivity contribution >= 4 is 39.6 Å². The van der Waals surface area contributed by atoms with E-state index in [2.05, 4.69) is 21.0 Å². The van der Waals surface area contributed by atoms with Gasteiger partial charge in [-0.3, -0.25) is 25.2 Å². The zero-order chi connectivity index (χ0) is 19.5.